The van der Waals surface area contributed by atoms with Crippen molar-refractivity contribution in [1.82, 2.24) is 9.97 Å². The minimum absolute atomic E-state index is 0.0615. The van der Waals surface area contributed by atoms with Crippen molar-refractivity contribution >= 4 is 45.6 Å². The SMILES string of the molecule is CC(=O)c1cccc(NC(=O)Nc2nc3ccncc3cc2-c2ccsc2)c1. The van der Waals surface area contributed by atoms with Crippen LogP contribution in [0.3, 0.4) is 0 Å². The first kappa shape index (κ1) is 17.8. The van der Waals surface area contributed by atoms with E-state index in [2.05, 4.69) is 20.6 Å². The molecule has 138 valence electrons. The molecule has 4 rings (SSSR count). The van der Waals surface area contributed by atoms with E-state index in [4.69, 9.17) is 0 Å². The van der Waals surface area contributed by atoms with Gasteiger partial charge in [-0.2, -0.15) is 11.3 Å². The number of carbonyl (C=O) groups excluding carboxylic acids is 2. The van der Waals surface area contributed by atoms with E-state index >= 15 is 0 Å². The lowest BCUT2D eigenvalue weighted by molar-refractivity contribution is 0.101. The zero-order valence-corrected chi connectivity index (χ0v) is 15.8. The highest BCUT2D eigenvalue weighted by Crippen LogP contribution is 2.31. The number of hydrogen-bond donors (Lipinski definition) is 2. The van der Waals surface area contributed by atoms with Gasteiger partial charge in [0.2, 0.25) is 0 Å². The van der Waals surface area contributed by atoms with Crippen molar-refractivity contribution in [2.75, 3.05) is 10.6 Å². The minimum Gasteiger partial charge on any atom is -0.308 e. The first-order valence-corrected chi connectivity index (χ1v) is 9.51. The molecule has 6 nitrogen and oxygen atoms in total. The number of benzene rings is 1. The molecular formula is C21H16N4O2S. The molecule has 0 saturated carbocycles. The Labute approximate surface area is 165 Å². The van der Waals surface area contributed by atoms with Gasteiger partial charge in [-0.3, -0.25) is 15.1 Å². The number of rotatable bonds is 4. The van der Waals surface area contributed by atoms with Gasteiger partial charge in [0.25, 0.3) is 0 Å². The van der Waals surface area contributed by atoms with E-state index < -0.39 is 6.03 Å². The van der Waals surface area contributed by atoms with E-state index in [-0.39, 0.29) is 5.78 Å². The van der Waals surface area contributed by atoms with Gasteiger partial charge in [0.05, 0.1) is 5.52 Å². The summed E-state index contributed by atoms with van der Waals surface area (Å²) in [5, 5.41) is 10.4. The number of aromatic nitrogens is 2. The summed E-state index contributed by atoms with van der Waals surface area (Å²) in [7, 11) is 0. The molecule has 4 aromatic rings. The van der Waals surface area contributed by atoms with Crippen molar-refractivity contribution in [2.24, 2.45) is 0 Å². The Hall–Kier alpha value is -3.58. The molecule has 28 heavy (non-hydrogen) atoms. The first-order valence-electron chi connectivity index (χ1n) is 8.56. The molecule has 7 heteroatoms. The Balaban J connectivity index is 1.65. The van der Waals surface area contributed by atoms with Crippen LogP contribution < -0.4 is 10.6 Å². The average Bonchev–Trinajstić information content (AvgIpc) is 3.22. The van der Waals surface area contributed by atoms with Crippen molar-refractivity contribution in [1.29, 1.82) is 0 Å². The van der Waals surface area contributed by atoms with Crippen LogP contribution in [0, 0.1) is 0 Å². The van der Waals surface area contributed by atoms with Crippen molar-refractivity contribution in [3.05, 3.63) is 71.2 Å². The number of hydrogen-bond acceptors (Lipinski definition) is 5. The second kappa shape index (κ2) is 7.58. The molecular weight excluding hydrogens is 372 g/mol. The number of carbonyl (C=O) groups is 2. The van der Waals surface area contributed by atoms with Crippen LogP contribution in [0.25, 0.3) is 22.0 Å². The normalized spacial score (nSPS) is 10.6. The van der Waals surface area contributed by atoms with Crippen LogP contribution in [0.2, 0.25) is 0 Å². The molecule has 0 saturated heterocycles. The first-order chi connectivity index (χ1) is 13.6. The van der Waals surface area contributed by atoms with Crippen LogP contribution in [0.1, 0.15) is 17.3 Å². The maximum absolute atomic E-state index is 12.6. The molecule has 0 radical (unpaired) electrons. The Kier molecular flexibility index (Phi) is 4.82. The molecule has 0 aliphatic rings. The summed E-state index contributed by atoms with van der Waals surface area (Å²) in [6.07, 6.45) is 3.41. The third kappa shape index (κ3) is 3.74. The second-order valence-electron chi connectivity index (χ2n) is 6.18. The quantitative estimate of drug-likeness (QED) is 0.470. The average molecular weight is 388 g/mol. The molecule has 0 fully saturated rings. The highest BCUT2D eigenvalue weighted by molar-refractivity contribution is 7.08. The monoisotopic (exact) mass is 388 g/mol. The molecule has 0 aliphatic carbocycles. The Morgan fingerprint density at radius 3 is 2.75 bits per heavy atom. The molecule has 0 aliphatic heterocycles. The highest BCUT2D eigenvalue weighted by atomic mass is 32.1. The van der Waals surface area contributed by atoms with Crippen molar-refractivity contribution in [3.63, 3.8) is 0 Å². The fraction of sp³-hybridized carbons (Fsp3) is 0.0476. The lowest BCUT2D eigenvalue weighted by Gasteiger charge is -2.12. The summed E-state index contributed by atoms with van der Waals surface area (Å²) in [5.74, 6) is 0.394. The maximum Gasteiger partial charge on any atom is 0.324 e. The minimum atomic E-state index is -0.432. The maximum atomic E-state index is 12.6. The lowest BCUT2D eigenvalue weighted by Crippen LogP contribution is -2.20. The molecule has 0 bridgehead atoms. The van der Waals surface area contributed by atoms with E-state index in [0.717, 1.165) is 22.0 Å². The molecule has 2 N–H and O–H groups in total. The molecule has 2 amide bonds. The summed E-state index contributed by atoms with van der Waals surface area (Å²) in [6, 6.07) is 12.1. The highest BCUT2D eigenvalue weighted by Gasteiger charge is 2.13. The van der Waals surface area contributed by atoms with Crippen molar-refractivity contribution in [3.8, 4) is 11.1 Å². The van der Waals surface area contributed by atoms with Crippen molar-refractivity contribution in [2.45, 2.75) is 6.92 Å². The summed E-state index contributed by atoms with van der Waals surface area (Å²) < 4.78 is 0. The number of urea groups is 1. The molecule has 3 heterocycles. The van der Waals surface area contributed by atoms with E-state index in [1.54, 1.807) is 54.1 Å². The van der Waals surface area contributed by atoms with Crippen LogP contribution in [0.5, 0.6) is 0 Å². The van der Waals surface area contributed by atoms with Gasteiger partial charge in [-0.15, -0.1) is 0 Å². The molecule has 3 aromatic heterocycles. The van der Waals surface area contributed by atoms with Gasteiger partial charge in [-0.1, -0.05) is 12.1 Å². The van der Waals surface area contributed by atoms with Gasteiger partial charge in [0.15, 0.2) is 5.78 Å². The Morgan fingerprint density at radius 2 is 1.96 bits per heavy atom. The Bertz CT molecular complexity index is 1170. The topological polar surface area (TPSA) is 84.0 Å². The zero-order valence-electron chi connectivity index (χ0n) is 15.0. The van der Waals surface area contributed by atoms with Crippen LogP contribution >= 0.6 is 11.3 Å². The number of pyridine rings is 2. The van der Waals surface area contributed by atoms with Crippen LogP contribution in [0.4, 0.5) is 16.3 Å². The van der Waals surface area contributed by atoms with Gasteiger partial charge >= 0.3 is 6.03 Å². The Morgan fingerprint density at radius 1 is 1.07 bits per heavy atom. The smallest absolute Gasteiger partial charge is 0.308 e. The van der Waals surface area contributed by atoms with Gasteiger partial charge in [0, 0.05) is 34.6 Å². The van der Waals surface area contributed by atoms with Crippen molar-refractivity contribution < 1.29 is 9.59 Å². The fourth-order valence-electron chi connectivity index (χ4n) is 2.84. The lowest BCUT2D eigenvalue weighted by atomic mass is 10.1. The van der Waals surface area contributed by atoms with Gasteiger partial charge in [-0.05, 0) is 53.6 Å². The standard InChI is InChI=1S/C21H16N4O2S/c1-13(26)14-3-2-4-17(9-14)23-21(27)25-20-18(15-6-8-28-12-15)10-16-11-22-7-5-19(16)24-20/h2-12H,1H3,(H2,23,24,25,27). The van der Waals surface area contributed by atoms with Gasteiger partial charge in [-0.25, -0.2) is 9.78 Å². The van der Waals surface area contributed by atoms with E-state index in [9.17, 15) is 9.59 Å². The summed E-state index contributed by atoms with van der Waals surface area (Å²) in [4.78, 5) is 32.8. The molecule has 0 atom stereocenters. The van der Waals surface area contributed by atoms with Crippen LogP contribution in [-0.4, -0.2) is 21.8 Å². The third-order valence-electron chi connectivity index (χ3n) is 4.21. The number of ketones is 1. The van der Waals surface area contributed by atoms with Crippen LogP contribution in [-0.2, 0) is 0 Å². The van der Waals surface area contributed by atoms with E-state index in [1.807, 2.05) is 22.9 Å². The van der Waals surface area contributed by atoms with Gasteiger partial charge < -0.3 is 5.32 Å². The largest absolute Gasteiger partial charge is 0.324 e. The molecule has 1 aromatic carbocycles. The van der Waals surface area contributed by atoms with E-state index in [0.29, 0.717) is 17.1 Å². The molecule has 0 spiro atoms. The number of thiophene rings is 1. The summed E-state index contributed by atoms with van der Waals surface area (Å²) in [6.45, 7) is 1.49. The number of fused-ring (bicyclic) bond motifs is 1. The molecule has 0 unspecified atom stereocenters. The predicted molar refractivity (Wildman–Crippen MR) is 112 cm³/mol. The number of amides is 2. The number of anilines is 2. The van der Waals surface area contributed by atoms with E-state index in [1.165, 1.54) is 6.92 Å². The second-order valence-corrected chi connectivity index (χ2v) is 6.96. The summed E-state index contributed by atoms with van der Waals surface area (Å²) in [5.41, 5.74) is 3.59. The summed E-state index contributed by atoms with van der Waals surface area (Å²) >= 11 is 1.57. The number of Topliss-reactive ketones (excluding diaryl/α,β-unsaturated/α-hetero) is 1. The predicted octanol–water partition coefficient (Wildman–Crippen LogP) is 5.20. The van der Waals surface area contributed by atoms with Crippen LogP contribution in [0.15, 0.2) is 65.6 Å². The number of nitrogens with one attached hydrogen (secondary N) is 2. The third-order valence-corrected chi connectivity index (χ3v) is 4.89. The zero-order chi connectivity index (χ0) is 19.5. The fourth-order valence-corrected chi connectivity index (χ4v) is 3.49. The van der Waals surface area contributed by atoms with Gasteiger partial charge in [0.1, 0.15) is 5.82 Å². The number of nitrogens with zero attached hydrogens (tertiary/aromatic N) is 2.